The van der Waals surface area contributed by atoms with E-state index in [0.29, 0.717) is 16.9 Å². The predicted molar refractivity (Wildman–Crippen MR) is 110 cm³/mol. The standard InChI is InChI=1S/C22H19ClN2O/c1-5-10-15-14(4)21(26-19(15)7-3)17(11-6-2)20-16-12-8-9-13-18(16)24-22(23)25-20/h5-13H,3-4H2,1-2H3/b10-5-,11-6-,21-17-. The van der Waals surface area contributed by atoms with Gasteiger partial charge in [-0.3, -0.25) is 0 Å². The first kappa shape index (κ1) is 17.9. The van der Waals surface area contributed by atoms with Crippen molar-refractivity contribution in [3.63, 3.8) is 0 Å². The zero-order chi connectivity index (χ0) is 18.7. The van der Waals surface area contributed by atoms with Gasteiger partial charge in [0, 0.05) is 21.7 Å². The van der Waals surface area contributed by atoms with Gasteiger partial charge in [-0.25, -0.2) is 9.97 Å². The Balaban J connectivity index is 2.50. The van der Waals surface area contributed by atoms with Crippen molar-refractivity contribution in [2.75, 3.05) is 0 Å². The molecule has 0 bridgehead atoms. The van der Waals surface area contributed by atoms with Crippen LogP contribution in [0.2, 0.25) is 5.28 Å². The molecule has 0 unspecified atom stereocenters. The Kier molecular flexibility index (Phi) is 5.19. The minimum atomic E-state index is 0.190. The van der Waals surface area contributed by atoms with Gasteiger partial charge in [0.2, 0.25) is 5.28 Å². The number of furan rings is 1. The molecule has 0 radical (unpaired) electrons. The molecule has 26 heavy (non-hydrogen) atoms. The third-order valence-corrected chi connectivity index (χ3v) is 4.17. The molecule has 2 aromatic heterocycles. The van der Waals surface area contributed by atoms with Gasteiger partial charge in [0.05, 0.1) is 11.2 Å². The first-order chi connectivity index (χ1) is 12.6. The van der Waals surface area contributed by atoms with E-state index in [1.165, 1.54) is 0 Å². The molecule has 1 aromatic carbocycles. The third-order valence-electron chi connectivity index (χ3n) is 4.00. The summed E-state index contributed by atoms with van der Waals surface area (Å²) in [6, 6.07) is 7.75. The molecule has 3 rings (SSSR count). The summed E-state index contributed by atoms with van der Waals surface area (Å²) in [5.74, 6) is 0.676. The average Bonchev–Trinajstić information content (AvgIpc) is 2.95. The number of rotatable bonds is 4. The minimum absolute atomic E-state index is 0.190. The lowest BCUT2D eigenvalue weighted by Crippen LogP contribution is -2.23. The summed E-state index contributed by atoms with van der Waals surface area (Å²) in [4.78, 5) is 8.79. The summed E-state index contributed by atoms with van der Waals surface area (Å²) >= 11 is 6.18. The second-order valence-electron chi connectivity index (χ2n) is 5.66. The highest BCUT2D eigenvalue weighted by Gasteiger charge is 2.14. The summed E-state index contributed by atoms with van der Waals surface area (Å²) in [5.41, 5.74) is 3.84. The molecule has 0 saturated carbocycles. The molecule has 0 amide bonds. The zero-order valence-electron chi connectivity index (χ0n) is 14.8. The van der Waals surface area contributed by atoms with Gasteiger partial charge >= 0.3 is 0 Å². The number of aromatic nitrogens is 2. The molecule has 0 saturated heterocycles. The topological polar surface area (TPSA) is 38.9 Å². The maximum atomic E-state index is 6.18. The van der Waals surface area contributed by atoms with Crippen LogP contribution in [0, 0.1) is 0 Å². The van der Waals surface area contributed by atoms with Crippen molar-refractivity contribution in [3.8, 4) is 0 Å². The normalized spacial score (nSPS) is 13.0. The van der Waals surface area contributed by atoms with Crippen LogP contribution < -0.4 is 10.6 Å². The van der Waals surface area contributed by atoms with E-state index in [9.17, 15) is 0 Å². The van der Waals surface area contributed by atoms with Crippen molar-refractivity contribution in [2.24, 2.45) is 0 Å². The van der Waals surface area contributed by atoms with Crippen LogP contribution in [0.25, 0.3) is 35.2 Å². The van der Waals surface area contributed by atoms with Crippen molar-refractivity contribution in [1.29, 1.82) is 0 Å². The third kappa shape index (κ3) is 3.14. The number of fused-ring (bicyclic) bond motifs is 1. The van der Waals surface area contributed by atoms with Crippen LogP contribution >= 0.6 is 11.6 Å². The van der Waals surface area contributed by atoms with Gasteiger partial charge in [0.1, 0.15) is 11.2 Å². The molecule has 3 nitrogen and oxygen atoms in total. The van der Waals surface area contributed by atoms with E-state index < -0.39 is 0 Å². The number of benzene rings is 1. The maximum absolute atomic E-state index is 6.18. The minimum Gasteiger partial charge on any atom is -0.455 e. The quantitative estimate of drug-likeness (QED) is 0.629. The van der Waals surface area contributed by atoms with Crippen molar-refractivity contribution >= 4 is 46.8 Å². The number of allylic oxidation sites excluding steroid dienone is 3. The van der Waals surface area contributed by atoms with Gasteiger partial charge in [0.25, 0.3) is 0 Å². The van der Waals surface area contributed by atoms with Crippen molar-refractivity contribution in [3.05, 3.63) is 82.0 Å². The van der Waals surface area contributed by atoms with Gasteiger partial charge < -0.3 is 4.42 Å². The molecule has 4 heteroatoms. The molecular weight excluding hydrogens is 344 g/mol. The van der Waals surface area contributed by atoms with E-state index in [1.807, 2.05) is 62.4 Å². The fourth-order valence-electron chi connectivity index (χ4n) is 2.90. The second-order valence-corrected chi connectivity index (χ2v) is 6.00. The molecule has 0 aliphatic heterocycles. The number of nitrogens with zero attached hydrogens (tertiary/aromatic N) is 2. The largest absolute Gasteiger partial charge is 0.455 e. The maximum Gasteiger partial charge on any atom is 0.223 e. The lowest BCUT2D eigenvalue weighted by Gasteiger charge is -2.06. The van der Waals surface area contributed by atoms with Crippen LogP contribution in [0.5, 0.6) is 0 Å². The van der Waals surface area contributed by atoms with E-state index in [0.717, 1.165) is 27.3 Å². The molecule has 2 heterocycles. The van der Waals surface area contributed by atoms with Crippen LogP contribution in [0.15, 0.2) is 53.5 Å². The van der Waals surface area contributed by atoms with E-state index in [4.69, 9.17) is 16.0 Å². The molecule has 0 aliphatic carbocycles. The van der Waals surface area contributed by atoms with Gasteiger partial charge in [0.15, 0.2) is 0 Å². The van der Waals surface area contributed by atoms with Crippen LogP contribution in [-0.2, 0) is 0 Å². The first-order valence-corrected chi connectivity index (χ1v) is 8.65. The lowest BCUT2D eigenvalue weighted by atomic mass is 10.0. The van der Waals surface area contributed by atoms with Crippen LogP contribution in [-0.4, -0.2) is 9.97 Å². The fourth-order valence-corrected chi connectivity index (χ4v) is 3.07. The summed E-state index contributed by atoms with van der Waals surface area (Å²) in [7, 11) is 0. The molecule has 0 spiro atoms. The Morgan fingerprint density at radius 2 is 1.92 bits per heavy atom. The average molecular weight is 363 g/mol. The molecule has 0 atom stereocenters. The fraction of sp³-hybridized carbons (Fsp3) is 0.0909. The van der Waals surface area contributed by atoms with E-state index in [2.05, 4.69) is 23.1 Å². The summed E-state index contributed by atoms with van der Waals surface area (Å²) < 4.78 is 6.08. The highest BCUT2D eigenvalue weighted by Crippen LogP contribution is 2.23. The lowest BCUT2D eigenvalue weighted by molar-refractivity contribution is 0.519. The molecule has 130 valence electrons. The predicted octanol–water partition coefficient (Wildman–Crippen LogP) is 4.74. The highest BCUT2D eigenvalue weighted by atomic mass is 35.5. The Bertz CT molecular complexity index is 1150. The number of para-hydroxylation sites is 1. The molecule has 0 N–H and O–H groups in total. The van der Waals surface area contributed by atoms with Gasteiger partial charge in [-0.15, -0.1) is 0 Å². The van der Waals surface area contributed by atoms with Crippen LogP contribution in [0.1, 0.15) is 30.9 Å². The second kappa shape index (κ2) is 7.54. The number of hydrogen-bond acceptors (Lipinski definition) is 3. The Labute approximate surface area is 157 Å². The van der Waals surface area contributed by atoms with Crippen LogP contribution in [0.3, 0.4) is 0 Å². The van der Waals surface area contributed by atoms with Crippen molar-refractivity contribution < 1.29 is 4.42 Å². The Hall–Kier alpha value is -2.91. The van der Waals surface area contributed by atoms with E-state index in [-0.39, 0.29) is 5.28 Å². The number of hydrogen-bond donors (Lipinski definition) is 0. The Morgan fingerprint density at radius 3 is 2.62 bits per heavy atom. The van der Waals surface area contributed by atoms with E-state index >= 15 is 0 Å². The SMILES string of the molecule is C=Cc1o/c(=C(/C=C\C)c2nc(Cl)nc3ccccc23)c(=C)c1/C=C\C. The van der Waals surface area contributed by atoms with E-state index in [1.54, 1.807) is 6.08 Å². The van der Waals surface area contributed by atoms with Gasteiger partial charge in [-0.1, -0.05) is 55.7 Å². The Morgan fingerprint density at radius 1 is 1.15 bits per heavy atom. The highest BCUT2D eigenvalue weighted by molar-refractivity contribution is 6.28. The molecule has 3 aromatic rings. The summed E-state index contributed by atoms with van der Waals surface area (Å²) in [5, 5.41) is 1.87. The molecular formula is C22H19ClN2O. The van der Waals surface area contributed by atoms with Crippen molar-refractivity contribution in [1.82, 2.24) is 9.97 Å². The monoisotopic (exact) mass is 362 g/mol. The summed E-state index contributed by atoms with van der Waals surface area (Å²) in [6.45, 7) is 11.9. The van der Waals surface area contributed by atoms with Gasteiger partial charge in [-0.05, 0) is 37.6 Å². The van der Waals surface area contributed by atoms with Crippen molar-refractivity contribution in [2.45, 2.75) is 13.8 Å². The van der Waals surface area contributed by atoms with Crippen LogP contribution in [0.4, 0.5) is 0 Å². The van der Waals surface area contributed by atoms with Gasteiger partial charge in [-0.2, -0.15) is 0 Å². The molecule has 0 aliphatic rings. The molecule has 0 fully saturated rings. The number of halogens is 1. The zero-order valence-corrected chi connectivity index (χ0v) is 15.5. The first-order valence-electron chi connectivity index (χ1n) is 8.27. The summed E-state index contributed by atoms with van der Waals surface area (Å²) in [6.07, 6.45) is 9.48. The smallest absolute Gasteiger partial charge is 0.223 e.